The first-order valence-electron chi connectivity index (χ1n) is 11.0. The second-order valence-electron chi connectivity index (χ2n) is 7.45. The molecule has 0 aliphatic heterocycles. The van der Waals surface area contributed by atoms with Crippen molar-refractivity contribution in [1.82, 2.24) is 9.88 Å². The minimum Gasteiger partial charge on any atom is -0.496 e. The lowest BCUT2D eigenvalue weighted by atomic mass is 9.97. The third-order valence-electron chi connectivity index (χ3n) is 5.39. The van der Waals surface area contributed by atoms with E-state index in [2.05, 4.69) is 6.07 Å². The molecule has 0 aliphatic carbocycles. The molecule has 32 heavy (non-hydrogen) atoms. The molecule has 6 heteroatoms. The number of hydrogen-bond acceptors (Lipinski definition) is 5. The molecule has 0 atom stereocenters. The predicted molar refractivity (Wildman–Crippen MR) is 125 cm³/mol. The molecule has 2 aromatic carbocycles. The SMILES string of the molecule is CCOC(=O)Cc1ccc(OC)c(-c2cc3ccccc3nc2CN(CC)C(=O)CC)c1. The van der Waals surface area contributed by atoms with Gasteiger partial charge in [0.1, 0.15) is 5.75 Å². The van der Waals surface area contributed by atoms with Crippen LogP contribution in [0.1, 0.15) is 38.4 Å². The van der Waals surface area contributed by atoms with Crippen molar-refractivity contribution in [3.05, 3.63) is 59.8 Å². The number of rotatable bonds is 9. The smallest absolute Gasteiger partial charge is 0.310 e. The van der Waals surface area contributed by atoms with E-state index in [9.17, 15) is 9.59 Å². The topological polar surface area (TPSA) is 68.7 Å². The van der Waals surface area contributed by atoms with Crippen LogP contribution in [0.25, 0.3) is 22.0 Å². The Morgan fingerprint density at radius 2 is 1.78 bits per heavy atom. The molecule has 1 heterocycles. The molecule has 0 aliphatic rings. The Hall–Kier alpha value is -3.41. The summed E-state index contributed by atoms with van der Waals surface area (Å²) in [7, 11) is 1.62. The number of esters is 1. The molecule has 1 aromatic heterocycles. The summed E-state index contributed by atoms with van der Waals surface area (Å²) in [5, 5.41) is 0.994. The summed E-state index contributed by atoms with van der Waals surface area (Å²) in [5.74, 6) is 0.489. The van der Waals surface area contributed by atoms with E-state index in [4.69, 9.17) is 14.5 Å². The lowest BCUT2D eigenvalue weighted by molar-refractivity contribution is -0.142. The van der Waals surface area contributed by atoms with Gasteiger partial charge in [0.2, 0.25) is 5.91 Å². The maximum Gasteiger partial charge on any atom is 0.310 e. The van der Waals surface area contributed by atoms with Gasteiger partial charge in [0.25, 0.3) is 0 Å². The van der Waals surface area contributed by atoms with E-state index in [1.165, 1.54) is 0 Å². The van der Waals surface area contributed by atoms with Gasteiger partial charge in [-0.3, -0.25) is 14.6 Å². The average Bonchev–Trinajstić information content (AvgIpc) is 2.81. The Bertz CT molecular complexity index is 1110. The van der Waals surface area contributed by atoms with Gasteiger partial charge in [-0.15, -0.1) is 0 Å². The molecule has 0 bridgehead atoms. The molecule has 3 aromatic rings. The summed E-state index contributed by atoms with van der Waals surface area (Å²) in [6.45, 7) is 6.96. The largest absolute Gasteiger partial charge is 0.496 e. The molecular weight excluding hydrogens is 404 g/mol. The van der Waals surface area contributed by atoms with Crippen LogP contribution in [0.15, 0.2) is 48.5 Å². The Balaban J connectivity index is 2.15. The van der Waals surface area contributed by atoms with E-state index in [0.717, 1.165) is 33.3 Å². The average molecular weight is 435 g/mol. The summed E-state index contributed by atoms with van der Waals surface area (Å²) < 4.78 is 10.8. The number of pyridine rings is 1. The highest BCUT2D eigenvalue weighted by molar-refractivity contribution is 5.87. The summed E-state index contributed by atoms with van der Waals surface area (Å²) in [6, 6.07) is 15.7. The summed E-state index contributed by atoms with van der Waals surface area (Å²) in [6.07, 6.45) is 0.617. The Morgan fingerprint density at radius 1 is 1.00 bits per heavy atom. The molecule has 6 nitrogen and oxygen atoms in total. The lowest BCUT2D eigenvalue weighted by Gasteiger charge is -2.22. The van der Waals surface area contributed by atoms with Gasteiger partial charge in [-0.2, -0.15) is 0 Å². The molecule has 3 rings (SSSR count). The van der Waals surface area contributed by atoms with E-state index < -0.39 is 0 Å². The van der Waals surface area contributed by atoms with Crippen LogP contribution in [0.4, 0.5) is 0 Å². The third kappa shape index (κ3) is 5.25. The van der Waals surface area contributed by atoms with Crippen molar-refractivity contribution in [3.8, 4) is 16.9 Å². The standard InChI is InChI=1S/C26H30N2O4/c1-5-25(29)28(6-2)17-23-20(16-19-10-8-9-11-22(19)27-23)21-14-18(12-13-24(21)31-4)15-26(30)32-7-3/h8-14,16H,5-7,15,17H2,1-4H3. The number of nitrogens with zero attached hydrogens (tertiary/aromatic N) is 2. The maximum atomic E-state index is 12.4. The van der Waals surface area contributed by atoms with Crippen LogP contribution in [0.5, 0.6) is 5.75 Å². The zero-order valence-electron chi connectivity index (χ0n) is 19.2. The number of benzene rings is 2. The van der Waals surface area contributed by atoms with Crippen LogP contribution in [0, 0.1) is 0 Å². The van der Waals surface area contributed by atoms with Crippen molar-refractivity contribution in [3.63, 3.8) is 0 Å². The summed E-state index contributed by atoms with van der Waals surface area (Å²) >= 11 is 0. The van der Waals surface area contributed by atoms with E-state index in [0.29, 0.717) is 31.9 Å². The molecule has 0 unspecified atom stereocenters. The fraction of sp³-hybridized carbons (Fsp3) is 0.346. The van der Waals surface area contributed by atoms with Gasteiger partial charge in [-0.05, 0) is 43.7 Å². The van der Waals surface area contributed by atoms with Crippen molar-refractivity contribution in [2.24, 2.45) is 0 Å². The lowest BCUT2D eigenvalue weighted by Crippen LogP contribution is -2.30. The van der Waals surface area contributed by atoms with Crippen molar-refractivity contribution >= 4 is 22.8 Å². The summed E-state index contributed by atoms with van der Waals surface area (Å²) in [5.41, 5.74) is 4.21. The van der Waals surface area contributed by atoms with E-state index in [-0.39, 0.29) is 18.3 Å². The van der Waals surface area contributed by atoms with Gasteiger partial charge >= 0.3 is 5.97 Å². The van der Waals surface area contributed by atoms with Crippen LogP contribution in [0.3, 0.4) is 0 Å². The second kappa shape index (κ2) is 10.8. The molecule has 0 fully saturated rings. The maximum absolute atomic E-state index is 12.4. The minimum absolute atomic E-state index is 0.0800. The number of carbonyl (C=O) groups is 2. The van der Waals surface area contributed by atoms with Crippen molar-refractivity contribution in [1.29, 1.82) is 0 Å². The van der Waals surface area contributed by atoms with E-state index in [1.54, 1.807) is 18.9 Å². The zero-order chi connectivity index (χ0) is 23.1. The number of hydrogen-bond donors (Lipinski definition) is 0. The Kier molecular flexibility index (Phi) is 7.82. The molecule has 0 saturated carbocycles. The monoisotopic (exact) mass is 434 g/mol. The Labute approximate surface area is 189 Å². The first-order valence-corrected chi connectivity index (χ1v) is 11.0. The van der Waals surface area contributed by atoms with Gasteiger partial charge in [0.15, 0.2) is 0 Å². The third-order valence-corrected chi connectivity index (χ3v) is 5.39. The molecular formula is C26H30N2O4. The first kappa shape index (κ1) is 23.3. The van der Waals surface area contributed by atoms with E-state index in [1.807, 2.05) is 56.3 Å². The highest BCUT2D eigenvalue weighted by atomic mass is 16.5. The predicted octanol–water partition coefficient (Wildman–Crippen LogP) is 4.77. The quantitative estimate of drug-likeness (QED) is 0.454. The fourth-order valence-electron chi connectivity index (χ4n) is 3.74. The highest BCUT2D eigenvalue weighted by Crippen LogP contribution is 2.35. The van der Waals surface area contributed by atoms with Crippen molar-refractivity contribution in [2.45, 2.75) is 40.2 Å². The van der Waals surface area contributed by atoms with Crippen LogP contribution in [-0.2, 0) is 27.3 Å². The van der Waals surface area contributed by atoms with Gasteiger partial charge in [-0.25, -0.2) is 0 Å². The van der Waals surface area contributed by atoms with Gasteiger partial charge in [0, 0.05) is 29.5 Å². The number of fused-ring (bicyclic) bond motifs is 1. The summed E-state index contributed by atoms with van der Waals surface area (Å²) in [4.78, 5) is 31.2. The fourth-order valence-corrected chi connectivity index (χ4v) is 3.74. The molecule has 0 radical (unpaired) electrons. The number of para-hydroxylation sites is 1. The first-order chi connectivity index (χ1) is 15.5. The van der Waals surface area contributed by atoms with Crippen LogP contribution < -0.4 is 4.74 Å². The van der Waals surface area contributed by atoms with E-state index >= 15 is 0 Å². The molecule has 1 amide bonds. The molecule has 0 N–H and O–H groups in total. The van der Waals surface area contributed by atoms with Crippen molar-refractivity contribution in [2.75, 3.05) is 20.3 Å². The van der Waals surface area contributed by atoms with Gasteiger partial charge in [-0.1, -0.05) is 31.2 Å². The molecule has 0 spiro atoms. The normalized spacial score (nSPS) is 10.8. The van der Waals surface area contributed by atoms with Crippen LogP contribution in [-0.4, -0.2) is 42.0 Å². The second-order valence-corrected chi connectivity index (χ2v) is 7.45. The molecule has 168 valence electrons. The highest BCUT2D eigenvalue weighted by Gasteiger charge is 2.19. The Morgan fingerprint density at radius 3 is 2.47 bits per heavy atom. The number of amides is 1. The number of carbonyl (C=O) groups excluding carboxylic acids is 2. The van der Waals surface area contributed by atoms with Gasteiger partial charge < -0.3 is 14.4 Å². The van der Waals surface area contributed by atoms with Crippen molar-refractivity contribution < 1.29 is 19.1 Å². The zero-order valence-corrected chi connectivity index (χ0v) is 19.2. The van der Waals surface area contributed by atoms with Crippen LogP contribution in [0.2, 0.25) is 0 Å². The number of aromatic nitrogens is 1. The van der Waals surface area contributed by atoms with Gasteiger partial charge in [0.05, 0.1) is 37.9 Å². The molecule has 0 saturated heterocycles. The number of methoxy groups -OCH3 is 1. The number of ether oxygens (including phenoxy) is 2. The minimum atomic E-state index is -0.272. The van der Waals surface area contributed by atoms with Crippen LogP contribution >= 0.6 is 0 Å².